The van der Waals surface area contributed by atoms with Crippen LogP contribution >= 0.6 is 0 Å². The Kier molecular flexibility index (Phi) is 7.23. The summed E-state index contributed by atoms with van der Waals surface area (Å²) in [4.78, 5) is 14.2. The van der Waals surface area contributed by atoms with Gasteiger partial charge in [-0.1, -0.05) is 32.9 Å². The molecule has 1 aromatic carbocycles. The Morgan fingerprint density at radius 2 is 1.75 bits per heavy atom. The third-order valence-electron chi connectivity index (χ3n) is 3.14. The number of hydrogen-bond donors (Lipinski definition) is 0. The Balaban J connectivity index is 2.80. The lowest BCUT2D eigenvalue weighted by atomic mass is 9.91. The van der Waals surface area contributed by atoms with Crippen molar-refractivity contribution in [2.45, 2.75) is 33.7 Å². The number of nitrogens with zero attached hydrogens (tertiary/aromatic N) is 1. The fourth-order valence-corrected chi connectivity index (χ4v) is 2.57. The van der Waals surface area contributed by atoms with Crippen molar-refractivity contribution in [2.24, 2.45) is 5.41 Å². The lowest BCUT2D eigenvalue weighted by Crippen LogP contribution is -2.35. The molecule has 7 heteroatoms. The van der Waals surface area contributed by atoms with E-state index in [4.69, 9.17) is 8.92 Å². The van der Waals surface area contributed by atoms with Crippen molar-refractivity contribution in [3.8, 4) is 5.75 Å². The molecule has 24 heavy (non-hydrogen) atoms. The summed E-state index contributed by atoms with van der Waals surface area (Å²) < 4.78 is 32.1. The van der Waals surface area contributed by atoms with E-state index in [2.05, 4.69) is 0 Å². The van der Waals surface area contributed by atoms with Crippen LogP contribution in [0.1, 0.15) is 32.8 Å². The monoisotopic (exact) mass is 357 g/mol. The molecule has 0 heterocycles. The Morgan fingerprint density at radius 1 is 1.17 bits per heavy atom. The number of methoxy groups -OCH3 is 1. The molecule has 0 radical (unpaired) electrons. The first kappa shape index (κ1) is 20.4. The molecule has 0 unspecified atom stereocenters. The number of carbonyl (C=O) groups is 1. The van der Waals surface area contributed by atoms with Crippen LogP contribution in [0, 0.1) is 5.41 Å². The highest BCUT2D eigenvalue weighted by molar-refractivity contribution is 7.86. The maximum atomic E-state index is 12.5. The Labute approximate surface area is 144 Å². The molecule has 1 rings (SSSR count). The summed E-state index contributed by atoms with van der Waals surface area (Å²) in [5.41, 5.74) is 0.810. The van der Waals surface area contributed by atoms with Crippen molar-refractivity contribution in [3.05, 3.63) is 29.8 Å². The maximum absolute atomic E-state index is 12.5. The van der Waals surface area contributed by atoms with Gasteiger partial charge in [-0.15, -0.1) is 0 Å². The largest absolute Gasteiger partial charge is 0.383 e. The summed E-state index contributed by atoms with van der Waals surface area (Å²) in [5, 5.41) is 0. The topological polar surface area (TPSA) is 72.9 Å². The van der Waals surface area contributed by atoms with E-state index in [9.17, 15) is 13.2 Å². The van der Waals surface area contributed by atoms with Crippen LogP contribution in [0.15, 0.2) is 24.3 Å². The van der Waals surface area contributed by atoms with Crippen LogP contribution < -0.4 is 4.18 Å². The van der Waals surface area contributed by atoms with Gasteiger partial charge in [-0.25, -0.2) is 0 Å². The van der Waals surface area contributed by atoms with Crippen molar-refractivity contribution in [3.63, 3.8) is 0 Å². The summed E-state index contributed by atoms with van der Waals surface area (Å²) >= 11 is 0. The highest BCUT2D eigenvalue weighted by atomic mass is 32.2. The molecule has 0 fully saturated rings. The fourth-order valence-electron chi connectivity index (χ4n) is 2.10. The summed E-state index contributed by atoms with van der Waals surface area (Å²) in [6.07, 6.45) is 1.45. The molecule has 0 saturated heterocycles. The average Bonchev–Trinajstić information content (AvgIpc) is 2.41. The van der Waals surface area contributed by atoms with E-state index in [0.717, 1.165) is 11.8 Å². The molecule has 0 aromatic heterocycles. The van der Waals surface area contributed by atoms with E-state index in [1.807, 2.05) is 20.8 Å². The van der Waals surface area contributed by atoms with E-state index in [0.29, 0.717) is 26.1 Å². The molecule has 0 aliphatic heterocycles. The smallest absolute Gasteiger partial charge is 0.306 e. The predicted molar refractivity (Wildman–Crippen MR) is 93.3 cm³/mol. The van der Waals surface area contributed by atoms with E-state index in [1.54, 1.807) is 36.3 Å². The molecular weight excluding hydrogens is 330 g/mol. The highest BCUT2D eigenvalue weighted by Gasteiger charge is 2.21. The zero-order valence-corrected chi connectivity index (χ0v) is 15.9. The van der Waals surface area contributed by atoms with Crippen molar-refractivity contribution >= 4 is 16.0 Å². The lowest BCUT2D eigenvalue weighted by molar-refractivity contribution is -0.134. The molecule has 0 aliphatic carbocycles. The Morgan fingerprint density at radius 3 is 2.21 bits per heavy atom. The van der Waals surface area contributed by atoms with Crippen LogP contribution in [0.3, 0.4) is 0 Å². The number of carbonyl (C=O) groups excluding carboxylic acids is 1. The number of benzene rings is 1. The van der Waals surface area contributed by atoms with Gasteiger partial charge in [0.1, 0.15) is 5.75 Å². The summed E-state index contributed by atoms with van der Waals surface area (Å²) in [6, 6.07) is 6.67. The molecule has 0 spiro atoms. The molecular formula is C17H27NO5S. The molecule has 0 aliphatic rings. The minimum Gasteiger partial charge on any atom is -0.383 e. The van der Waals surface area contributed by atoms with E-state index in [-0.39, 0.29) is 17.1 Å². The standard InChI is InChI=1S/C17H27NO5S/c1-17(2,3)12-16(19)18(10-11-22-4)13-14-6-8-15(9-7-14)23-24(5,20)21/h6-9H,10-13H2,1-5H3. The molecule has 0 saturated carbocycles. The van der Waals surface area contributed by atoms with E-state index in [1.165, 1.54) is 0 Å². The minimum atomic E-state index is -3.54. The second-order valence-corrected chi connectivity index (χ2v) is 8.55. The Bertz CT molecular complexity index is 632. The Hall–Kier alpha value is -1.60. The van der Waals surface area contributed by atoms with Gasteiger partial charge in [-0.05, 0) is 23.1 Å². The molecule has 1 aromatic rings. The first-order valence-electron chi connectivity index (χ1n) is 7.75. The van der Waals surface area contributed by atoms with Crippen molar-refractivity contribution < 1.29 is 22.1 Å². The fraction of sp³-hybridized carbons (Fsp3) is 0.588. The second kappa shape index (κ2) is 8.48. The highest BCUT2D eigenvalue weighted by Crippen LogP contribution is 2.21. The normalized spacial score (nSPS) is 12.0. The maximum Gasteiger partial charge on any atom is 0.306 e. The summed E-state index contributed by atoms with van der Waals surface area (Å²) in [6.45, 7) is 7.49. The third-order valence-corrected chi connectivity index (χ3v) is 3.64. The van der Waals surface area contributed by atoms with Gasteiger partial charge in [0.05, 0.1) is 12.9 Å². The first-order valence-corrected chi connectivity index (χ1v) is 9.57. The van der Waals surface area contributed by atoms with E-state index < -0.39 is 10.1 Å². The van der Waals surface area contributed by atoms with Crippen LogP contribution in [0.4, 0.5) is 0 Å². The second-order valence-electron chi connectivity index (χ2n) is 6.98. The van der Waals surface area contributed by atoms with Gasteiger partial charge in [-0.2, -0.15) is 8.42 Å². The van der Waals surface area contributed by atoms with Gasteiger partial charge >= 0.3 is 10.1 Å². The zero-order valence-electron chi connectivity index (χ0n) is 15.0. The van der Waals surface area contributed by atoms with Crippen LogP contribution in [0.25, 0.3) is 0 Å². The predicted octanol–water partition coefficient (Wildman–Crippen LogP) is 2.44. The molecule has 1 amide bonds. The van der Waals surface area contributed by atoms with Crippen LogP contribution in [0.5, 0.6) is 5.75 Å². The van der Waals surface area contributed by atoms with Crippen LogP contribution in [0.2, 0.25) is 0 Å². The molecule has 6 nitrogen and oxygen atoms in total. The number of hydrogen-bond acceptors (Lipinski definition) is 5. The van der Waals surface area contributed by atoms with Crippen LogP contribution in [-0.4, -0.2) is 45.7 Å². The molecule has 0 atom stereocenters. The van der Waals surface area contributed by atoms with Gasteiger partial charge in [0.15, 0.2) is 0 Å². The van der Waals surface area contributed by atoms with Gasteiger partial charge in [0.2, 0.25) is 5.91 Å². The van der Waals surface area contributed by atoms with Gasteiger partial charge < -0.3 is 13.8 Å². The van der Waals surface area contributed by atoms with Crippen molar-refractivity contribution in [2.75, 3.05) is 26.5 Å². The average molecular weight is 357 g/mol. The van der Waals surface area contributed by atoms with Crippen LogP contribution in [-0.2, 0) is 26.2 Å². The molecule has 0 bridgehead atoms. The van der Waals surface area contributed by atoms with Crippen molar-refractivity contribution in [1.82, 2.24) is 4.90 Å². The first-order chi connectivity index (χ1) is 11.0. The quantitative estimate of drug-likeness (QED) is 0.668. The van der Waals surface area contributed by atoms with Gasteiger partial charge in [-0.3, -0.25) is 4.79 Å². The summed E-state index contributed by atoms with van der Waals surface area (Å²) in [5.74, 6) is 0.321. The number of amides is 1. The van der Waals surface area contributed by atoms with Gasteiger partial charge in [0.25, 0.3) is 0 Å². The summed E-state index contributed by atoms with van der Waals surface area (Å²) in [7, 11) is -1.94. The van der Waals surface area contributed by atoms with E-state index >= 15 is 0 Å². The minimum absolute atomic E-state index is 0.0658. The number of ether oxygens (including phenoxy) is 1. The van der Waals surface area contributed by atoms with Gasteiger partial charge in [0, 0.05) is 26.6 Å². The third kappa shape index (κ3) is 8.31. The SMILES string of the molecule is COCCN(Cc1ccc(OS(C)(=O)=O)cc1)C(=O)CC(C)(C)C. The lowest BCUT2D eigenvalue weighted by Gasteiger charge is -2.26. The molecule has 136 valence electrons. The molecule has 0 N–H and O–H groups in total. The number of rotatable bonds is 8. The zero-order chi connectivity index (χ0) is 18.4. The van der Waals surface area contributed by atoms with Crippen molar-refractivity contribution in [1.29, 1.82) is 0 Å².